The van der Waals surface area contributed by atoms with Gasteiger partial charge in [0.15, 0.2) is 0 Å². The molecule has 0 saturated carbocycles. The van der Waals surface area contributed by atoms with Crippen LogP contribution >= 0.6 is 0 Å². The second-order valence-corrected chi connectivity index (χ2v) is 5.66. The molecule has 5 nitrogen and oxygen atoms in total. The van der Waals surface area contributed by atoms with Crippen molar-refractivity contribution in [2.24, 2.45) is 5.41 Å². The Kier molecular flexibility index (Phi) is 4.49. The van der Waals surface area contributed by atoms with Gasteiger partial charge < -0.3 is 9.84 Å². The molecule has 1 aliphatic heterocycles. The summed E-state index contributed by atoms with van der Waals surface area (Å²) in [4.78, 5) is 23.4. The van der Waals surface area contributed by atoms with Crippen LogP contribution in [0.3, 0.4) is 0 Å². The van der Waals surface area contributed by atoms with Crippen LogP contribution in [-0.2, 0) is 9.53 Å². The number of amides is 1. The molecule has 19 heavy (non-hydrogen) atoms. The summed E-state index contributed by atoms with van der Waals surface area (Å²) < 4.78 is 30.0. The standard InChI is InChI=1S/C12H17F2NO4/c1-12(2,3)6-19-10(16)8-4-7(9(13)14)5-15(8)11(17)18/h8H,4-6H2,1-3H3,(H,17,18). The summed E-state index contributed by atoms with van der Waals surface area (Å²) in [6.45, 7) is 5.18. The minimum atomic E-state index is -1.93. The van der Waals surface area contributed by atoms with Crippen LogP contribution in [0.2, 0.25) is 0 Å². The zero-order chi connectivity index (χ0) is 14.8. The van der Waals surface area contributed by atoms with Gasteiger partial charge in [0, 0.05) is 12.0 Å². The normalized spacial score (nSPS) is 19.5. The van der Waals surface area contributed by atoms with E-state index in [1.54, 1.807) is 0 Å². The van der Waals surface area contributed by atoms with Gasteiger partial charge in [-0.15, -0.1) is 0 Å². The molecule has 0 radical (unpaired) electrons. The number of esters is 1. The summed E-state index contributed by atoms with van der Waals surface area (Å²) in [5.74, 6) is -0.784. The molecule has 1 saturated heterocycles. The maximum absolute atomic E-state index is 12.5. The van der Waals surface area contributed by atoms with Crippen LogP contribution in [0, 0.1) is 5.41 Å². The van der Waals surface area contributed by atoms with Crippen LogP contribution in [0.4, 0.5) is 13.6 Å². The number of hydrogen-bond donors (Lipinski definition) is 1. The smallest absolute Gasteiger partial charge is 0.408 e. The SMILES string of the molecule is CC(C)(C)COC(=O)C1CC(=C(F)F)CN1C(=O)O. The van der Waals surface area contributed by atoms with Crippen molar-refractivity contribution in [3.63, 3.8) is 0 Å². The Balaban J connectivity index is 2.77. The van der Waals surface area contributed by atoms with E-state index in [4.69, 9.17) is 9.84 Å². The van der Waals surface area contributed by atoms with E-state index in [1.807, 2.05) is 20.8 Å². The topological polar surface area (TPSA) is 66.8 Å². The van der Waals surface area contributed by atoms with Crippen LogP contribution in [0.25, 0.3) is 0 Å². The van der Waals surface area contributed by atoms with E-state index in [-0.39, 0.29) is 24.0 Å². The molecule has 1 fully saturated rings. The highest BCUT2D eigenvalue weighted by atomic mass is 19.3. The Morgan fingerprint density at radius 3 is 2.42 bits per heavy atom. The van der Waals surface area contributed by atoms with Crippen LogP contribution in [-0.4, -0.2) is 41.3 Å². The third-order valence-corrected chi connectivity index (χ3v) is 2.61. The van der Waals surface area contributed by atoms with Crippen molar-refractivity contribution in [1.82, 2.24) is 4.90 Å². The summed E-state index contributed by atoms with van der Waals surface area (Å²) in [5, 5.41) is 8.91. The zero-order valence-electron chi connectivity index (χ0n) is 11.1. The minimum absolute atomic E-state index is 0.104. The number of halogens is 2. The fraction of sp³-hybridized carbons (Fsp3) is 0.667. The van der Waals surface area contributed by atoms with Crippen LogP contribution < -0.4 is 0 Å². The summed E-state index contributed by atoms with van der Waals surface area (Å²) in [5.41, 5.74) is -0.605. The average Bonchev–Trinajstić information content (AvgIpc) is 2.69. The quantitative estimate of drug-likeness (QED) is 0.787. The van der Waals surface area contributed by atoms with E-state index in [0.29, 0.717) is 4.90 Å². The van der Waals surface area contributed by atoms with Gasteiger partial charge >= 0.3 is 12.1 Å². The van der Waals surface area contributed by atoms with Gasteiger partial charge in [0.2, 0.25) is 0 Å². The van der Waals surface area contributed by atoms with Gasteiger partial charge in [-0.1, -0.05) is 20.8 Å². The Labute approximate surface area is 109 Å². The summed E-state index contributed by atoms with van der Waals surface area (Å²) >= 11 is 0. The van der Waals surface area contributed by atoms with E-state index in [0.717, 1.165) is 0 Å². The predicted molar refractivity (Wildman–Crippen MR) is 62.8 cm³/mol. The van der Waals surface area contributed by atoms with Gasteiger partial charge in [0.25, 0.3) is 6.08 Å². The van der Waals surface area contributed by atoms with Gasteiger partial charge in [0.1, 0.15) is 6.04 Å². The van der Waals surface area contributed by atoms with Crippen molar-refractivity contribution in [1.29, 1.82) is 0 Å². The van der Waals surface area contributed by atoms with Gasteiger partial charge in [0.05, 0.1) is 13.2 Å². The number of hydrogen-bond acceptors (Lipinski definition) is 3. The number of ether oxygens (including phenoxy) is 1. The molecule has 0 bridgehead atoms. The monoisotopic (exact) mass is 277 g/mol. The fourth-order valence-corrected chi connectivity index (χ4v) is 1.66. The fourth-order valence-electron chi connectivity index (χ4n) is 1.66. The van der Waals surface area contributed by atoms with E-state index in [9.17, 15) is 18.4 Å². The lowest BCUT2D eigenvalue weighted by Crippen LogP contribution is -2.41. The molecule has 0 spiro atoms. The number of rotatable bonds is 2. The van der Waals surface area contributed by atoms with Crippen molar-refractivity contribution >= 4 is 12.1 Å². The molecule has 1 N–H and O–H groups in total. The molecule has 0 aromatic heterocycles. The highest BCUT2D eigenvalue weighted by molar-refractivity contribution is 5.82. The lowest BCUT2D eigenvalue weighted by atomic mass is 9.99. The molecular weight excluding hydrogens is 260 g/mol. The maximum atomic E-state index is 12.5. The predicted octanol–water partition coefficient (Wildman–Crippen LogP) is 2.48. The summed E-state index contributed by atoms with van der Waals surface area (Å²) in [6, 6.07) is -1.18. The maximum Gasteiger partial charge on any atom is 0.408 e. The third-order valence-electron chi connectivity index (χ3n) is 2.61. The van der Waals surface area contributed by atoms with Gasteiger partial charge in [-0.2, -0.15) is 8.78 Å². The van der Waals surface area contributed by atoms with Gasteiger partial charge in [-0.05, 0) is 5.41 Å². The molecule has 0 aromatic carbocycles. The second-order valence-electron chi connectivity index (χ2n) is 5.66. The average molecular weight is 277 g/mol. The molecular formula is C12H17F2NO4. The van der Waals surface area contributed by atoms with Crippen LogP contribution in [0.5, 0.6) is 0 Å². The first-order chi connectivity index (χ1) is 8.61. The first kappa shape index (κ1) is 15.4. The van der Waals surface area contributed by atoms with Crippen molar-refractivity contribution in [2.75, 3.05) is 13.2 Å². The molecule has 0 aromatic rings. The van der Waals surface area contributed by atoms with E-state index >= 15 is 0 Å². The van der Waals surface area contributed by atoms with Crippen LogP contribution in [0.1, 0.15) is 27.2 Å². The first-order valence-corrected chi connectivity index (χ1v) is 5.81. The van der Waals surface area contributed by atoms with E-state index in [1.165, 1.54) is 0 Å². The second kappa shape index (κ2) is 5.54. The summed E-state index contributed by atoms with van der Waals surface area (Å²) in [7, 11) is 0. The Morgan fingerprint density at radius 2 is 2.00 bits per heavy atom. The van der Waals surface area contributed by atoms with E-state index < -0.39 is 30.7 Å². The van der Waals surface area contributed by atoms with Crippen molar-refractivity contribution in [2.45, 2.75) is 33.2 Å². The molecule has 1 atom stereocenters. The van der Waals surface area contributed by atoms with Crippen molar-refractivity contribution in [3.05, 3.63) is 11.7 Å². The molecule has 1 aliphatic rings. The van der Waals surface area contributed by atoms with Crippen molar-refractivity contribution in [3.8, 4) is 0 Å². The first-order valence-electron chi connectivity index (χ1n) is 5.81. The zero-order valence-corrected chi connectivity index (χ0v) is 11.1. The molecule has 7 heteroatoms. The van der Waals surface area contributed by atoms with Crippen LogP contribution in [0.15, 0.2) is 11.7 Å². The minimum Gasteiger partial charge on any atom is -0.465 e. The Hall–Kier alpha value is -1.66. The lowest BCUT2D eigenvalue weighted by molar-refractivity contribution is -0.151. The molecule has 0 aliphatic carbocycles. The number of nitrogens with zero attached hydrogens (tertiary/aromatic N) is 1. The lowest BCUT2D eigenvalue weighted by Gasteiger charge is -2.22. The number of likely N-dealkylation sites (tertiary alicyclic amines) is 1. The van der Waals surface area contributed by atoms with Crippen molar-refractivity contribution < 1.29 is 28.2 Å². The Bertz CT molecular complexity index is 410. The number of carbonyl (C=O) groups is 2. The van der Waals surface area contributed by atoms with E-state index in [2.05, 4.69) is 0 Å². The number of carboxylic acid groups (broad SMARTS) is 1. The third kappa shape index (κ3) is 4.18. The molecule has 108 valence electrons. The molecule has 1 unspecified atom stereocenters. The molecule has 1 rings (SSSR count). The highest BCUT2D eigenvalue weighted by Gasteiger charge is 2.40. The summed E-state index contributed by atoms with van der Waals surface area (Å²) in [6.07, 6.45) is -3.65. The molecule has 1 heterocycles. The molecule has 1 amide bonds. The van der Waals surface area contributed by atoms with Gasteiger partial charge in [-0.3, -0.25) is 4.90 Å². The highest BCUT2D eigenvalue weighted by Crippen LogP contribution is 2.27. The van der Waals surface area contributed by atoms with Gasteiger partial charge in [-0.25, -0.2) is 9.59 Å². The largest absolute Gasteiger partial charge is 0.465 e. The number of carbonyl (C=O) groups excluding carboxylic acids is 1. The Morgan fingerprint density at radius 1 is 1.42 bits per heavy atom.